The average molecular weight is 427 g/mol. The number of phenols is 1. The Morgan fingerprint density at radius 2 is 1.87 bits per heavy atom. The van der Waals surface area contributed by atoms with Gasteiger partial charge in [-0.2, -0.15) is 10.1 Å². The van der Waals surface area contributed by atoms with Gasteiger partial charge in [-0.15, -0.1) is 0 Å². The lowest BCUT2D eigenvalue weighted by molar-refractivity contribution is 0.474. The molecule has 0 amide bonds. The third-order valence-electron chi connectivity index (χ3n) is 5.36. The molecule has 2 heterocycles. The monoisotopic (exact) mass is 426 g/mol. The van der Waals surface area contributed by atoms with E-state index < -0.39 is 11.2 Å². The summed E-state index contributed by atoms with van der Waals surface area (Å²) < 4.78 is 3.09. The number of H-pyrrole nitrogens is 1. The van der Waals surface area contributed by atoms with Gasteiger partial charge in [0.2, 0.25) is 5.95 Å². The van der Waals surface area contributed by atoms with E-state index in [1.165, 1.54) is 23.8 Å². The molecule has 0 spiro atoms. The number of imidazole rings is 1. The van der Waals surface area contributed by atoms with Gasteiger partial charge < -0.3 is 9.67 Å². The van der Waals surface area contributed by atoms with Crippen molar-refractivity contribution in [3.8, 4) is 5.75 Å². The maximum Gasteiger partial charge on any atom is 0.329 e. The summed E-state index contributed by atoms with van der Waals surface area (Å²) in [6.07, 6.45) is 6.69. The molecule has 0 fully saturated rings. The number of anilines is 1. The summed E-state index contributed by atoms with van der Waals surface area (Å²) in [5.74, 6) is 0.509. The predicted octanol–water partition coefficient (Wildman–Crippen LogP) is 3.33. The highest BCUT2D eigenvalue weighted by Gasteiger charge is 2.17. The van der Waals surface area contributed by atoms with Crippen molar-refractivity contribution in [1.29, 1.82) is 0 Å². The van der Waals surface area contributed by atoms with Crippen molar-refractivity contribution < 1.29 is 5.11 Å². The number of hydrazone groups is 1. The molecular formula is C22H30N6O3. The Kier molecular flexibility index (Phi) is 7.28. The molecule has 3 aromatic rings. The molecule has 0 saturated carbocycles. The zero-order valence-corrected chi connectivity index (χ0v) is 18.3. The van der Waals surface area contributed by atoms with Gasteiger partial charge in [-0.05, 0) is 25.5 Å². The van der Waals surface area contributed by atoms with E-state index >= 15 is 0 Å². The standard InChI is InChI=1S/C22H30N6O3/c1-4-5-6-7-8-11-14-28-18-19(27(3)22(31)24-20(18)30)23-21(28)26-25-15(2)16-12-9-10-13-17(16)29/h9-10,12-13,29H,4-8,11,14H2,1-3H3,(H,23,26)(H,24,30,31). The van der Waals surface area contributed by atoms with Gasteiger partial charge in [-0.1, -0.05) is 51.2 Å². The Hall–Kier alpha value is -3.36. The Labute approximate surface area is 180 Å². The molecule has 0 aliphatic heterocycles. The van der Waals surface area contributed by atoms with Crippen molar-refractivity contribution in [3.63, 3.8) is 0 Å². The van der Waals surface area contributed by atoms with Crippen LogP contribution >= 0.6 is 0 Å². The molecule has 31 heavy (non-hydrogen) atoms. The van der Waals surface area contributed by atoms with Crippen LogP contribution in [0.3, 0.4) is 0 Å². The van der Waals surface area contributed by atoms with Crippen molar-refractivity contribution >= 4 is 22.8 Å². The minimum Gasteiger partial charge on any atom is -0.507 e. The minimum absolute atomic E-state index is 0.130. The number of unbranched alkanes of at least 4 members (excludes halogenated alkanes) is 5. The van der Waals surface area contributed by atoms with Crippen LogP contribution in [0, 0.1) is 0 Å². The molecule has 1 aromatic carbocycles. The van der Waals surface area contributed by atoms with E-state index in [0.29, 0.717) is 34.9 Å². The molecule has 3 rings (SSSR count). The summed E-state index contributed by atoms with van der Waals surface area (Å²) >= 11 is 0. The second-order valence-electron chi connectivity index (χ2n) is 7.67. The normalized spacial score (nSPS) is 11.9. The Balaban J connectivity index is 1.92. The van der Waals surface area contributed by atoms with Crippen LogP contribution in [0.1, 0.15) is 57.9 Å². The lowest BCUT2D eigenvalue weighted by Gasteiger charge is -2.09. The molecule has 0 radical (unpaired) electrons. The highest BCUT2D eigenvalue weighted by atomic mass is 16.3. The van der Waals surface area contributed by atoms with Gasteiger partial charge in [0, 0.05) is 19.2 Å². The number of rotatable bonds is 10. The number of para-hydroxylation sites is 1. The number of aromatic hydroxyl groups is 1. The third-order valence-corrected chi connectivity index (χ3v) is 5.36. The number of phenolic OH excluding ortho intramolecular Hbond substituents is 1. The molecule has 3 N–H and O–H groups in total. The van der Waals surface area contributed by atoms with Crippen LogP contribution in [0.5, 0.6) is 5.75 Å². The Morgan fingerprint density at radius 3 is 2.61 bits per heavy atom. The van der Waals surface area contributed by atoms with E-state index in [2.05, 4.69) is 27.4 Å². The average Bonchev–Trinajstić information content (AvgIpc) is 3.12. The Bertz CT molecular complexity index is 1190. The number of aryl methyl sites for hydroxylation is 2. The maximum absolute atomic E-state index is 12.5. The minimum atomic E-state index is -0.512. The molecule has 0 unspecified atom stereocenters. The van der Waals surface area contributed by atoms with Crippen molar-refractivity contribution in [2.45, 2.75) is 58.9 Å². The number of aromatic nitrogens is 4. The number of nitrogens with one attached hydrogen (secondary N) is 2. The molecule has 9 nitrogen and oxygen atoms in total. The molecule has 0 saturated heterocycles. The summed E-state index contributed by atoms with van der Waals surface area (Å²) in [5.41, 5.74) is 3.75. The smallest absolute Gasteiger partial charge is 0.329 e. The predicted molar refractivity (Wildman–Crippen MR) is 123 cm³/mol. The first-order valence-electron chi connectivity index (χ1n) is 10.7. The highest BCUT2D eigenvalue weighted by Crippen LogP contribution is 2.19. The number of hydrogen-bond acceptors (Lipinski definition) is 6. The zero-order chi connectivity index (χ0) is 22.4. The summed E-state index contributed by atoms with van der Waals surface area (Å²) in [6.45, 7) is 4.53. The van der Waals surface area contributed by atoms with Gasteiger partial charge in [-0.3, -0.25) is 14.3 Å². The van der Waals surface area contributed by atoms with Gasteiger partial charge in [0.15, 0.2) is 11.2 Å². The number of fused-ring (bicyclic) bond motifs is 1. The van der Waals surface area contributed by atoms with E-state index in [9.17, 15) is 14.7 Å². The maximum atomic E-state index is 12.5. The Morgan fingerprint density at radius 1 is 1.16 bits per heavy atom. The van der Waals surface area contributed by atoms with Gasteiger partial charge in [0.25, 0.3) is 5.56 Å². The highest BCUT2D eigenvalue weighted by molar-refractivity contribution is 6.01. The van der Waals surface area contributed by atoms with E-state index in [0.717, 1.165) is 19.3 Å². The fourth-order valence-corrected chi connectivity index (χ4v) is 3.56. The molecule has 166 valence electrons. The van der Waals surface area contributed by atoms with Gasteiger partial charge in [-0.25, -0.2) is 10.2 Å². The largest absolute Gasteiger partial charge is 0.507 e. The van der Waals surface area contributed by atoms with E-state index in [-0.39, 0.29) is 5.75 Å². The van der Waals surface area contributed by atoms with Crippen molar-refractivity contribution in [1.82, 2.24) is 19.1 Å². The van der Waals surface area contributed by atoms with Crippen molar-refractivity contribution in [2.75, 3.05) is 5.43 Å². The molecule has 2 aromatic heterocycles. The van der Waals surface area contributed by atoms with Crippen LogP contribution in [-0.4, -0.2) is 29.9 Å². The second kappa shape index (κ2) is 10.1. The molecule has 0 bridgehead atoms. The molecule has 9 heteroatoms. The topological polar surface area (TPSA) is 117 Å². The third kappa shape index (κ3) is 5.04. The first kappa shape index (κ1) is 22.3. The first-order chi connectivity index (χ1) is 14.9. The lowest BCUT2D eigenvalue weighted by Crippen LogP contribution is -2.29. The van der Waals surface area contributed by atoms with Crippen LogP contribution in [-0.2, 0) is 13.6 Å². The fourth-order valence-electron chi connectivity index (χ4n) is 3.56. The van der Waals surface area contributed by atoms with Crippen molar-refractivity contribution in [3.05, 3.63) is 50.7 Å². The SMILES string of the molecule is CCCCCCCCn1c(NN=C(C)c2ccccc2O)nc2c1c(=O)[nH]c(=O)n2C. The fraction of sp³-hybridized carbons (Fsp3) is 0.455. The number of hydrogen-bond donors (Lipinski definition) is 3. The van der Waals surface area contributed by atoms with Crippen LogP contribution in [0.15, 0.2) is 39.0 Å². The summed E-state index contributed by atoms with van der Waals surface area (Å²) in [6, 6.07) is 6.92. The zero-order valence-electron chi connectivity index (χ0n) is 18.3. The van der Waals surface area contributed by atoms with Crippen LogP contribution in [0.4, 0.5) is 5.95 Å². The van der Waals surface area contributed by atoms with Gasteiger partial charge in [0.05, 0.1) is 5.71 Å². The van der Waals surface area contributed by atoms with Gasteiger partial charge >= 0.3 is 5.69 Å². The summed E-state index contributed by atoms with van der Waals surface area (Å²) in [4.78, 5) is 31.4. The number of benzene rings is 1. The molecule has 0 aliphatic carbocycles. The van der Waals surface area contributed by atoms with Crippen molar-refractivity contribution in [2.24, 2.45) is 12.1 Å². The summed E-state index contributed by atoms with van der Waals surface area (Å²) in [5, 5.41) is 14.4. The van der Waals surface area contributed by atoms with Crippen LogP contribution in [0.25, 0.3) is 11.2 Å². The van der Waals surface area contributed by atoms with Crippen LogP contribution < -0.4 is 16.7 Å². The van der Waals surface area contributed by atoms with E-state index in [1.807, 2.05) is 6.07 Å². The van der Waals surface area contributed by atoms with E-state index in [1.54, 1.807) is 36.7 Å². The first-order valence-corrected chi connectivity index (χ1v) is 10.7. The van der Waals surface area contributed by atoms with Crippen LogP contribution in [0.2, 0.25) is 0 Å². The molecule has 0 aliphatic rings. The van der Waals surface area contributed by atoms with Gasteiger partial charge in [0.1, 0.15) is 5.75 Å². The quantitative estimate of drug-likeness (QED) is 0.261. The molecule has 0 atom stereocenters. The lowest BCUT2D eigenvalue weighted by atomic mass is 10.1. The second-order valence-corrected chi connectivity index (χ2v) is 7.67. The summed E-state index contributed by atoms with van der Waals surface area (Å²) in [7, 11) is 1.57. The number of nitrogens with zero attached hydrogens (tertiary/aromatic N) is 4. The van der Waals surface area contributed by atoms with E-state index in [4.69, 9.17) is 0 Å². The number of aromatic amines is 1. The molecular weight excluding hydrogens is 396 g/mol.